The van der Waals surface area contributed by atoms with E-state index in [0.29, 0.717) is 23.4 Å². The lowest BCUT2D eigenvalue weighted by Crippen LogP contribution is -2.10. The molecule has 0 aliphatic carbocycles. The van der Waals surface area contributed by atoms with Gasteiger partial charge in [-0.25, -0.2) is 4.98 Å². The van der Waals surface area contributed by atoms with Crippen LogP contribution < -0.4 is 11.1 Å². The first kappa shape index (κ1) is 25.0. The van der Waals surface area contributed by atoms with Crippen molar-refractivity contribution in [3.63, 3.8) is 0 Å². The van der Waals surface area contributed by atoms with Crippen LogP contribution in [0.1, 0.15) is 24.5 Å². The lowest BCUT2D eigenvalue weighted by Gasteiger charge is -2.14. The van der Waals surface area contributed by atoms with Gasteiger partial charge >= 0.3 is 0 Å². The molecule has 0 aliphatic heterocycles. The summed E-state index contributed by atoms with van der Waals surface area (Å²) >= 11 is 0. The molecule has 1 heterocycles. The monoisotopic (exact) mass is 445 g/mol. The molecule has 0 spiro atoms. The summed E-state index contributed by atoms with van der Waals surface area (Å²) in [6.07, 6.45) is 0.403. The summed E-state index contributed by atoms with van der Waals surface area (Å²) in [4.78, 5) is 26.6. The fraction of sp³-hybridized carbons (Fsp3) is 0.200. The Balaban J connectivity index is 0.00000122. The van der Waals surface area contributed by atoms with Crippen molar-refractivity contribution in [2.45, 2.75) is 19.9 Å². The van der Waals surface area contributed by atoms with Crippen LogP contribution in [0.2, 0.25) is 0 Å². The van der Waals surface area contributed by atoms with Crippen LogP contribution in [-0.2, 0) is 16.1 Å². The van der Waals surface area contributed by atoms with Gasteiger partial charge in [-0.2, -0.15) is 5.26 Å². The molecule has 0 radical (unpaired) electrons. The molecule has 3 aromatic rings. The maximum absolute atomic E-state index is 11.7. The largest absolute Gasteiger partial charge is 0.483 e. The van der Waals surface area contributed by atoms with Gasteiger partial charge in [-0.05, 0) is 49.5 Å². The Labute approximate surface area is 193 Å². The minimum atomic E-state index is -0.250. The molecule has 8 nitrogen and oxygen atoms in total. The molecule has 33 heavy (non-hydrogen) atoms. The summed E-state index contributed by atoms with van der Waals surface area (Å²) in [6, 6.07) is 19.6. The van der Waals surface area contributed by atoms with Gasteiger partial charge in [0.1, 0.15) is 17.5 Å². The van der Waals surface area contributed by atoms with Gasteiger partial charge in [-0.15, -0.1) is 0 Å². The summed E-state index contributed by atoms with van der Waals surface area (Å²) < 4.78 is 0. The first-order valence-corrected chi connectivity index (χ1v) is 10.3. The number of benzene rings is 2. The zero-order valence-electron chi connectivity index (χ0n) is 18.9. The Morgan fingerprint density at radius 3 is 2.48 bits per heavy atom. The second-order valence-electron chi connectivity index (χ2n) is 7.45. The van der Waals surface area contributed by atoms with Gasteiger partial charge in [0.15, 0.2) is 0 Å². The predicted octanol–water partition coefficient (Wildman–Crippen LogP) is 3.98. The zero-order valence-corrected chi connectivity index (χ0v) is 18.9. The number of carbonyl (C=O) groups excluding carboxylic acids is 1. The summed E-state index contributed by atoms with van der Waals surface area (Å²) in [5.74, 6) is 0.129. The van der Waals surface area contributed by atoms with Crippen molar-refractivity contribution in [1.82, 2.24) is 9.88 Å². The highest BCUT2D eigenvalue weighted by atomic mass is 16.3. The minimum Gasteiger partial charge on any atom is -0.483 e. The van der Waals surface area contributed by atoms with Crippen molar-refractivity contribution in [3.8, 4) is 28.5 Å². The van der Waals surface area contributed by atoms with Crippen LogP contribution in [0.15, 0.2) is 54.6 Å². The van der Waals surface area contributed by atoms with Crippen molar-refractivity contribution in [2.75, 3.05) is 25.1 Å². The number of nitriles is 1. The number of nitrogen functional groups attached to an aromatic ring is 1. The van der Waals surface area contributed by atoms with Crippen LogP contribution >= 0.6 is 0 Å². The maximum atomic E-state index is 11.7. The van der Waals surface area contributed by atoms with Crippen molar-refractivity contribution >= 4 is 23.9 Å². The third-order valence-electron chi connectivity index (χ3n) is 4.66. The molecule has 8 heteroatoms. The molecular formula is C25H27N5O3. The number of hydrogen-bond donors (Lipinski definition) is 3. The van der Waals surface area contributed by atoms with Gasteiger partial charge < -0.3 is 21.1 Å². The number of nitrogens with one attached hydrogen (secondary N) is 1. The fourth-order valence-corrected chi connectivity index (χ4v) is 3.27. The second-order valence-corrected chi connectivity index (χ2v) is 7.45. The average molecular weight is 446 g/mol. The molecule has 0 atom stereocenters. The second kappa shape index (κ2) is 12.0. The van der Waals surface area contributed by atoms with Gasteiger partial charge in [0.2, 0.25) is 5.91 Å². The Morgan fingerprint density at radius 2 is 1.85 bits per heavy atom. The van der Waals surface area contributed by atoms with Crippen LogP contribution in [-0.4, -0.2) is 41.5 Å². The topological polar surface area (TPSA) is 132 Å². The van der Waals surface area contributed by atoms with E-state index in [2.05, 4.69) is 33.4 Å². The summed E-state index contributed by atoms with van der Waals surface area (Å²) in [7, 11) is 4.03. The number of amides is 1. The highest BCUT2D eigenvalue weighted by molar-refractivity contribution is 5.91. The number of rotatable bonds is 6. The Hall–Kier alpha value is -4.22. The number of anilines is 2. The molecule has 0 unspecified atom stereocenters. The molecule has 0 aliphatic rings. The normalized spacial score (nSPS) is 10.0. The molecule has 0 saturated carbocycles. The number of carbonyl (C=O) groups is 2. The van der Waals surface area contributed by atoms with E-state index in [-0.39, 0.29) is 18.2 Å². The van der Waals surface area contributed by atoms with E-state index >= 15 is 0 Å². The molecule has 0 bridgehead atoms. The van der Waals surface area contributed by atoms with Crippen molar-refractivity contribution in [1.29, 1.82) is 5.26 Å². The molecule has 170 valence electrons. The molecule has 3 rings (SSSR count). The van der Waals surface area contributed by atoms with Crippen LogP contribution in [0, 0.1) is 11.3 Å². The van der Waals surface area contributed by atoms with Crippen LogP contribution in [0.25, 0.3) is 22.4 Å². The lowest BCUT2D eigenvalue weighted by atomic mass is 9.97. The average Bonchev–Trinajstić information content (AvgIpc) is 2.79. The van der Waals surface area contributed by atoms with Crippen molar-refractivity contribution in [2.24, 2.45) is 0 Å². The van der Waals surface area contributed by atoms with Crippen LogP contribution in [0.4, 0.5) is 11.5 Å². The number of carboxylic acid groups (broad SMARTS) is 1. The molecule has 0 fully saturated rings. The van der Waals surface area contributed by atoms with Gasteiger partial charge in [0.25, 0.3) is 6.47 Å². The number of aromatic nitrogens is 1. The minimum absolute atomic E-state index is 0.0575. The first-order valence-electron chi connectivity index (χ1n) is 10.3. The van der Waals surface area contributed by atoms with E-state index in [1.165, 1.54) is 0 Å². The predicted molar refractivity (Wildman–Crippen MR) is 129 cm³/mol. The van der Waals surface area contributed by atoms with E-state index < -0.39 is 0 Å². The molecule has 1 aromatic heterocycles. The Morgan fingerprint density at radius 1 is 1.18 bits per heavy atom. The highest BCUT2D eigenvalue weighted by Gasteiger charge is 2.14. The third kappa shape index (κ3) is 6.89. The van der Waals surface area contributed by atoms with E-state index in [1.807, 2.05) is 56.6 Å². The standard InChI is InChI=1S/C24H25N5O.CH2O2/c1-4-23(30)27-19-10-6-9-18(12-19)22-13-20(21(14-25)24(26)28-22)17-8-5-7-16(11-17)15-29(2)3;2-1-3/h5-13H,4,15H2,1-3H3,(H2,26,28)(H,27,30);1H,(H,2,3). The van der Waals surface area contributed by atoms with Gasteiger partial charge in [-0.3, -0.25) is 9.59 Å². The Bertz CT molecular complexity index is 1170. The number of pyridine rings is 1. The lowest BCUT2D eigenvalue weighted by molar-refractivity contribution is -0.123. The maximum Gasteiger partial charge on any atom is 0.290 e. The van der Waals surface area contributed by atoms with E-state index in [9.17, 15) is 10.1 Å². The molecule has 4 N–H and O–H groups in total. The SMILES string of the molecule is CCC(=O)Nc1cccc(-c2cc(-c3cccc(CN(C)C)c3)c(C#N)c(N)n2)c1.O=CO. The van der Waals surface area contributed by atoms with Crippen LogP contribution in [0.5, 0.6) is 0 Å². The number of nitrogens with two attached hydrogens (primary N) is 1. The van der Waals surface area contributed by atoms with Gasteiger partial charge in [0.05, 0.1) is 5.69 Å². The number of hydrogen-bond acceptors (Lipinski definition) is 6. The van der Waals surface area contributed by atoms with Crippen molar-refractivity contribution < 1.29 is 14.7 Å². The quantitative estimate of drug-likeness (QED) is 0.489. The zero-order chi connectivity index (χ0) is 24.4. The smallest absolute Gasteiger partial charge is 0.290 e. The number of nitrogens with zero attached hydrogens (tertiary/aromatic N) is 3. The Kier molecular flexibility index (Phi) is 9.09. The summed E-state index contributed by atoms with van der Waals surface area (Å²) in [5, 5.41) is 19.4. The fourth-order valence-electron chi connectivity index (χ4n) is 3.27. The van der Waals surface area contributed by atoms with Gasteiger partial charge in [0, 0.05) is 29.8 Å². The van der Waals surface area contributed by atoms with E-state index in [4.69, 9.17) is 15.6 Å². The third-order valence-corrected chi connectivity index (χ3v) is 4.66. The molecule has 2 aromatic carbocycles. The van der Waals surface area contributed by atoms with Crippen molar-refractivity contribution in [3.05, 3.63) is 65.7 Å². The highest BCUT2D eigenvalue weighted by Crippen LogP contribution is 2.32. The molecular weight excluding hydrogens is 418 g/mol. The van der Waals surface area contributed by atoms with Gasteiger partial charge in [-0.1, -0.05) is 37.3 Å². The van der Waals surface area contributed by atoms with E-state index in [1.54, 1.807) is 6.92 Å². The molecule has 0 saturated heterocycles. The summed E-state index contributed by atoms with van der Waals surface area (Å²) in [6.45, 7) is 2.35. The summed E-state index contributed by atoms with van der Waals surface area (Å²) in [5.41, 5.74) is 11.5. The molecule has 1 amide bonds. The first-order chi connectivity index (χ1) is 15.8. The van der Waals surface area contributed by atoms with Crippen LogP contribution in [0.3, 0.4) is 0 Å². The van der Waals surface area contributed by atoms with E-state index in [0.717, 1.165) is 28.8 Å².